The van der Waals surface area contributed by atoms with Crippen molar-refractivity contribution in [3.05, 3.63) is 45.6 Å². The Labute approximate surface area is 165 Å². The Hall–Kier alpha value is -1.89. The monoisotopic (exact) mass is 385 g/mol. The molecule has 2 aliphatic heterocycles. The summed E-state index contributed by atoms with van der Waals surface area (Å²) in [7, 11) is 5.99. The molecule has 1 saturated heterocycles. The Balaban J connectivity index is 1.48. The van der Waals surface area contributed by atoms with Crippen molar-refractivity contribution in [1.29, 1.82) is 0 Å². The lowest BCUT2D eigenvalue weighted by Crippen LogP contribution is -2.36. The summed E-state index contributed by atoms with van der Waals surface area (Å²) in [5.74, 6) is 0.116. The van der Waals surface area contributed by atoms with Gasteiger partial charge >= 0.3 is 0 Å². The van der Waals surface area contributed by atoms with Gasteiger partial charge < -0.3 is 19.4 Å². The first-order valence-corrected chi connectivity index (χ1v) is 10.3. The fraction of sp³-hybridized carbons (Fsp3) is 0.476. The molecule has 2 aromatic rings. The first kappa shape index (κ1) is 18.5. The molecule has 2 aliphatic rings. The van der Waals surface area contributed by atoms with Gasteiger partial charge in [0.1, 0.15) is 0 Å². The molecule has 144 valence electrons. The third kappa shape index (κ3) is 3.61. The smallest absolute Gasteiger partial charge is 0.268 e. The van der Waals surface area contributed by atoms with E-state index in [9.17, 15) is 4.79 Å². The van der Waals surface area contributed by atoms with Crippen molar-refractivity contribution in [2.45, 2.75) is 25.5 Å². The quantitative estimate of drug-likeness (QED) is 0.792. The van der Waals surface area contributed by atoms with Crippen molar-refractivity contribution in [2.75, 3.05) is 50.6 Å². The Morgan fingerprint density at radius 3 is 2.59 bits per heavy atom. The highest BCUT2D eigenvalue weighted by atomic mass is 32.1. The van der Waals surface area contributed by atoms with Crippen molar-refractivity contribution < 1.29 is 9.53 Å². The zero-order valence-corrected chi connectivity index (χ0v) is 17.1. The second-order valence-electron chi connectivity index (χ2n) is 7.58. The number of carbonyl (C=O) groups is 1. The van der Waals surface area contributed by atoms with E-state index in [2.05, 4.69) is 54.2 Å². The summed E-state index contributed by atoms with van der Waals surface area (Å²) >= 11 is 1.56. The molecule has 4 rings (SSSR count). The van der Waals surface area contributed by atoms with Gasteiger partial charge in [-0.1, -0.05) is 0 Å². The molecule has 27 heavy (non-hydrogen) atoms. The SMILES string of the molecule is COCc1cc2c(s1)C(=O)N(c1ccc(N3CC[C@@H](N(C)C)C3)cc1)CC2. The Morgan fingerprint density at radius 1 is 1.19 bits per heavy atom. The van der Waals surface area contributed by atoms with E-state index in [-0.39, 0.29) is 5.91 Å². The minimum absolute atomic E-state index is 0.116. The van der Waals surface area contributed by atoms with Gasteiger partial charge in [0.25, 0.3) is 5.91 Å². The number of methoxy groups -OCH3 is 1. The molecular formula is C21H27N3O2S. The number of likely N-dealkylation sites (N-methyl/N-ethyl adjacent to an activating group) is 1. The first-order chi connectivity index (χ1) is 13.1. The first-order valence-electron chi connectivity index (χ1n) is 9.50. The lowest BCUT2D eigenvalue weighted by molar-refractivity contribution is 0.0985. The minimum atomic E-state index is 0.116. The van der Waals surface area contributed by atoms with E-state index >= 15 is 0 Å². The molecule has 0 bridgehead atoms. The van der Waals surface area contributed by atoms with Crippen LogP contribution in [0.5, 0.6) is 0 Å². The summed E-state index contributed by atoms with van der Waals surface area (Å²) in [6, 6.07) is 11.2. The summed E-state index contributed by atoms with van der Waals surface area (Å²) in [5.41, 5.74) is 3.39. The van der Waals surface area contributed by atoms with Crippen LogP contribution in [-0.2, 0) is 17.8 Å². The second kappa shape index (κ2) is 7.62. The number of fused-ring (bicyclic) bond motifs is 1. The average molecular weight is 386 g/mol. The predicted molar refractivity (Wildman–Crippen MR) is 111 cm³/mol. The summed E-state index contributed by atoms with van der Waals surface area (Å²) in [4.78, 5) is 21.6. The molecule has 1 amide bonds. The van der Waals surface area contributed by atoms with Gasteiger partial charge in [-0.15, -0.1) is 11.3 Å². The van der Waals surface area contributed by atoms with Crippen LogP contribution >= 0.6 is 11.3 Å². The Bertz CT molecular complexity index is 815. The van der Waals surface area contributed by atoms with E-state index in [4.69, 9.17) is 4.74 Å². The normalized spacial score (nSPS) is 19.9. The van der Waals surface area contributed by atoms with E-state index in [0.717, 1.165) is 47.1 Å². The predicted octanol–water partition coefficient (Wildman–Crippen LogP) is 3.24. The van der Waals surface area contributed by atoms with E-state index in [1.54, 1.807) is 18.4 Å². The van der Waals surface area contributed by atoms with Crippen LogP contribution in [0, 0.1) is 0 Å². The number of carbonyl (C=O) groups excluding carboxylic acids is 1. The second-order valence-corrected chi connectivity index (χ2v) is 8.71. The highest BCUT2D eigenvalue weighted by Gasteiger charge is 2.28. The topological polar surface area (TPSA) is 36.0 Å². The van der Waals surface area contributed by atoms with Crippen LogP contribution in [0.4, 0.5) is 11.4 Å². The molecular weight excluding hydrogens is 358 g/mol. The molecule has 0 N–H and O–H groups in total. The maximum Gasteiger partial charge on any atom is 0.268 e. The number of benzene rings is 1. The van der Waals surface area contributed by atoms with Crippen LogP contribution in [-0.4, -0.2) is 57.7 Å². The van der Waals surface area contributed by atoms with Crippen LogP contribution in [0.25, 0.3) is 0 Å². The van der Waals surface area contributed by atoms with Crippen LogP contribution in [0.3, 0.4) is 0 Å². The van der Waals surface area contributed by atoms with E-state index in [0.29, 0.717) is 12.6 Å². The molecule has 1 fully saturated rings. The van der Waals surface area contributed by atoms with Gasteiger partial charge in [-0.3, -0.25) is 4.79 Å². The summed E-state index contributed by atoms with van der Waals surface area (Å²) in [5, 5.41) is 0. The molecule has 0 unspecified atom stereocenters. The van der Waals surface area contributed by atoms with Crippen molar-refractivity contribution in [1.82, 2.24) is 4.90 Å². The van der Waals surface area contributed by atoms with E-state index < -0.39 is 0 Å². The van der Waals surface area contributed by atoms with Crippen molar-refractivity contribution in [3.8, 4) is 0 Å². The van der Waals surface area contributed by atoms with Gasteiger partial charge in [0, 0.05) is 49.0 Å². The van der Waals surface area contributed by atoms with Crippen LogP contribution < -0.4 is 9.80 Å². The number of hydrogen-bond donors (Lipinski definition) is 0. The molecule has 3 heterocycles. The molecule has 0 aliphatic carbocycles. The lowest BCUT2D eigenvalue weighted by Gasteiger charge is -2.27. The average Bonchev–Trinajstić information content (AvgIpc) is 3.30. The molecule has 5 nitrogen and oxygen atoms in total. The molecule has 0 spiro atoms. The van der Waals surface area contributed by atoms with Gasteiger partial charge in [0.2, 0.25) is 0 Å². The number of thiophene rings is 1. The van der Waals surface area contributed by atoms with Crippen molar-refractivity contribution in [2.24, 2.45) is 0 Å². The molecule has 1 aromatic carbocycles. The number of nitrogens with zero attached hydrogens (tertiary/aromatic N) is 3. The summed E-state index contributed by atoms with van der Waals surface area (Å²) in [6.45, 7) is 3.46. The van der Waals surface area contributed by atoms with Gasteiger partial charge in [-0.25, -0.2) is 0 Å². The molecule has 6 heteroatoms. The molecule has 1 aromatic heterocycles. The maximum atomic E-state index is 13.0. The van der Waals surface area contributed by atoms with Crippen LogP contribution in [0.15, 0.2) is 30.3 Å². The Kier molecular flexibility index (Phi) is 5.21. The van der Waals surface area contributed by atoms with Crippen molar-refractivity contribution in [3.63, 3.8) is 0 Å². The maximum absolute atomic E-state index is 13.0. The van der Waals surface area contributed by atoms with Gasteiger partial charge in [0.15, 0.2) is 0 Å². The summed E-state index contributed by atoms with van der Waals surface area (Å²) < 4.78 is 5.21. The number of amides is 1. The number of hydrogen-bond acceptors (Lipinski definition) is 5. The van der Waals surface area contributed by atoms with E-state index in [1.165, 1.54) is 12.1 Å². The standard InChI is InChI=1S/C21H27N3O2S/c1-22(2)18-9-10-23(13-18)16-4-6-17(7-5-16)24-11-8-15-12-19(14-26-3)27-20(15)21(24)25/h4-7,12,18H,8-11,13-14H2,1-3H3/t18-/m1/s1. The number of ether oxygens (including phenoxy) is 1. The molecule has 0 radical (unpaired) electrons. The van der Waals surface area contributed by atoms with Crippen LogP contribution in [0.2, 0.25) is 0 Å². The lowest BCUT2D eigenvalue weighted by atomic mass is 10.1. The van der Waals surface area contributed by atoms with Gasteiger partial charge in [-0.2, -0.15) is 0 Å². The number of rotatable bonds is 5. The minimum Gasteiger partial charge on any atom is -0.379 e. The highest BCUT2D eigenvalue weighted by Crippen LogP contribution is 2.32. The van der Waals surface area contributed by atoms with Gasteiger partial charge in [-0.05, 0) is 62.8 Å². The zero-order valence-electron chi connectivity index (χ0n) is 16.3. The number of anilines is 2. The fourth-order valence-electron chi connectivity index (χ4n) is 4.01. The molecule has 1 atom stereocenters. The fourth-order valence-corrected chi connectivity index (χ4v) is 5.14. The van der Waals surface area contributed by atoms with Gasteiger partial charge in [0.05, 0.1) is 11.5 Å². The third-order valence-corrected chi connectivity index (χ3v) is 6.75. The Morgan fingerprint density at radius 2 is 1.93 bits per heavy atom. The third-order valence-electron chi connectivity index (χ3n) is 5.61. The molecule has 0 saturated carbocycles. The highest BCUT2D eigenvalue weighted by molar-refractivity contribution is 7.14. The van der Waals surface area contributed by atoms with E-state index in [1.807, 2.05) is 4.90 Å². The zero-order chi connectivity index (χ0) is 19.0. The largest absolute Gasteiger partial charge is 0.379 e. The summed E-state index contributed by atoms with van der Waals surface area (Å²) in [6.07, 6.45) is 2.10. The van der Waals surface area contributed by atoms with Crippen LogP contribution in [0.1, 0.15) is 26.5 Å². The van der Waals surface area contributed by atoms with Crippen molar-refractivity contribution >= 4 is 28.6 Å².